The van der Waals surface area contributed by atoms with Gasteiger partial charge in [0.2, 0.25) is 15.9 Å². The van der Waals surface area contributed by atoms with E-state index in [-0.39, 0.29) is 29.5 Å². The first-order valence-electron chi connectivity index (χ1n) is 9.41. The van der Waals surface area contributed by atoms with Crippen LogP contribution in [0.2, 0.25) is 0 Å². The van der Waals surface area contributed by atoms with Gasteiger partial charge in [0.25, 0.3) is 5.56 Å². The van der Waals surface area contributed by atoms with Crippen LogP contribution in [0.1, 0.15) is 29.7 Å². The van der Waals surface area contributed by atoms with Crippen LogP contribution in [0.25, 0.3) is 0 Å². The number of carbonyl (C=O) groups excluding carboxylic acids is 1. The molecule has 0 spiro atoms. The van der Waals surface area contributed by atoms with E-state index >= 15 is 0 Å². The van der Waals surface area contributed by atoms with Crippen molar-refractivity contribution in [1.82, 2.24) is 14.6 Å². The fraction of sp³-hybridized carbons (Fsp3) is 0.400. The Hall–Kier alpha value is -2.52. The molecule has 2 heterocycles. The number of carbonyl (C=O) groups is 1. The van der Waals surface area contributed by atoms with E-state index in [1.807, 2.05) is 6.07 Å². The van der Waals surface area contributed by atoms with E-state index < -0.39 is 21.8 Å². The zero-order chi connectivity index (χ0) is 21.2. The normalized spacial score (nSPS) is 17.8. The third-order valence-electron chi connectivity index (χ3n) is 5.14. The Morgan fingerprint density at radius 3 is 2.62 bits per heavy atom. The van der Waals surface area contributed by atoms with Crippen LogP contribution in [0.3, 0.4) is 0 Å². The van der Waals surface area contributed by atoms with E-state index in [4.69, 9.17) is 0 Å². The minimum Gasteiger partial charge on any atom is -0.352 e. The van der Waals surface area contributed by atoms with Crippen molar-refractivity contribution in [3.8, 4) is 0 Å². The molecule has 1 amide bonds. The first-order chi connectivity index (χ1) is 13.7. The van der Waals surface area contributed by atoms with Crippen molar-refractivity contribution >= 4 is 15.9 Å². The topological polar surface area (TPSA) is 99.3 Å². The number of aryl methyl sites for hydroxylation is 2. The van der Waals surface area contributed by atoms with Gasteiger partial charge >= 0.3 is 0 Å². The molecule has 1 aliphatic rings. The van der Waals surface area contributed by atoms with Crippen molar-refractivity contribution in [2.75, 3.05) is 13.1 Å². The van der Waals surface area contributed by atoms with Crippen molar-refractivity contribution in [3.63, 3.8) is 0 Å². The van der Waals surface area contributed by atoms with Gasteiger partial charge in [-0.25, -0.2) is 12.8 Å². The Morgan fingerprint density at radius 2 is 1.97 bits per heavy atom. The van der Waals surface area contributed by atoms with Gasteiger partial charge in [-0.05, 0) is 62.6 Å². The zero-order valence-electron chi connectivity index (χ0n) is 16.4. The standard InChI is InChI=1S/C20H24FN3O4S/c1-13-10-14(2)23-20(26)18(13)11-22-19(25)15-4-3-9-24(12-15)29(27,28)17-7-5-16(21)6-8-17/h5-8,10,15H,3-4,9,11-12H2,1-2H3,(H,22,25)(H,23,26)/t15-/m1/s1. The minimum atomic E-state index is -3.80. The van der Waals surface area contributed by atoms with Crippen LogP contribution >= 0.6 is 0 Å². The number of hydrogen-bond acceptors (Lipinski definition) is 4. The molecule has 0 saturated carbocycles. The lowest BCUT2D eigenvalue weighted by molar-refractivity contribution is -0.126. The molecule has 1 saturated heterocycles. The summed E-state index contributed by atoms with van der Waals surface area (Å²) < 4.78 is 40.0. The SMILES string of the molecule is Cc1cc(C)c(CNC(=O)[C@@H]2CCCN(S(=O)(=O)c3ccc(F)cc3)C2)c(=O)[nH]1. The fourth-order valence-corrected chi connectivity index (χ4v) is 5.08. The van der Waals surface area contributed by atoms with Crippen LogP contribution in [-0.4, -0.2) is 36.7 Å². The summed E-state index contributed by atoms with van der Waals surface area (Å²) in [5.41, 5.74) is 1.77. The summed E-state index contributed by atoms with van der Waals surface area (Å²) in [5, 5.41) is 2.76. The number of nitrogens with one attached hydrogen (secondary N) is 2. The highest BCUT2D eigenvalue weighted by Gasteiger charge is 2.33. The van der Waals surface area contributed by atoms with Crippen LogP contribution in [0.15, 0.2) is 40.0 Å². The zero-order valence-corrected chi connectivity index (χ0v) is 17.2. The van der Waals surface area contributed by atoms with Gasteiger partial charge in [0, 0.05) is 30.9 Å². The number of piperidine rings is 1. The van der Waals surface area contributed by atoms with Crippen molar-refractivity contribution in [2.45, 2.75) is 38.1 Å². The highest BCUT2D eigenvalue weighted by atomic mass is 32.2. The third-order valence-corrected chi connectivity index (χ3v) is 7.02. The minimum absolute atomic E-state index is 0.00164. The van der Waals surface area contributed by atoms with Crippen LogP contribution in [-0.2, 0) is 21.4 Å². The number of hydrogen-bond donors (Lipinski definition) is 2. The van der Waals surface area contributed by atoms with E-state index in [1.54, 1.807) is 13.8 Å². The van der Waals surface area contributed by atoms with Gasteiger partial charge in [0.15, 0.2) is 0 Å². The number of H-pyrrole nitrogens is 1. The summed E-state index contributed by atoms with van der Waals surface area (Å²) in [6.45, 7) is 4.03. The monoisotopic (exact) mass is 421 g/mol. The maximum absolute atomic E-state index is 13.1. The summed E-state index contributed by atoms with van der Waals surface area (Å²) in [4.78, 5) is 27.4. The second-order valence-electron chi connectivity index (χ2n) is 7.32. The summed E-state index contributed by atoms with van der Waals surface area (Å²) in [7, 11) is -3.80. The van der Waals surface area contributed by atoms with Crippen LogP contribution < -0.4 is 10.9 Å². The molecular formula is C20H24FN3O4S. The Balaban J connectivity index is 1.68. The highest BCUT2D eigenvalue weighted by Crippen LogP contribution is 2.24. The summed E-state index contributed by atoms with van der Waals surface area (Å²) >= 11 is 0. The molecule has 1 atom stereocenters. The molecule has 1 aromatic heterocycles. The Labute approximate surface area is 169 Å². The molecule has 7 nitrogen and oxygen atoms in total. The van der Waals surface area contributed by atoms with Gasteiger partial charge < -0.3 is 10.3 Å². The van der Waals surface area contributed by atoms with E-state index in [0.717, 1.165) is 23.4 Å². The van der Waals surface area contributed by atoms with Gasteiger partial charge in [0.05, 0.1) is 10.8 Å². The molecule has 2 N–H and O–H groups in total. The molecular weight excluding hydrogens is 397 g/mol. The molecule has 1 fully saturated rings. The molecule has 1 aromatic carbocycles. The Bertz CT molecular complexity index is 1060. The molecule has 1 aliphatic heterocycles. The summed E-state index contributed by atoms with van der Waals surface area (Å²) in [6.07, 6.45) is 1.10. The van der Waals surface area contributed by atoms with Crippen LogP contribution in [0.5, 0.6) is 0 Å². The van der Waals surface area contributed by atoms with Crippen LogP contribution in [0.4, 0.5) is 4.39 Å². The average molecular weight is 421 g/mol. The third kappa shape index (κ3) is 4.73. The quantitative estimate of drug-likeness (QED) is 0.770. The second-order valence-corrected chi connectivity index (χ2v) is 9.25. The number of rotatable bonds is 5. The number of halogens is 1. The van der Waals surface area contributed by atoms with E-state index in [2.05, 4.69) is 10.3 Å². The maximum atomic E-state index is 13.1. The van der Waals surface area contributed by atoms with Crippen molar-refractivity contribution in [3.05, 3.63) is 63.3 Å². The predicted molar refractivity (Wildman–Crippen MR) is 106 cm³/mol. The fourth-order valence-electron chi connectivity index (χ4n) is 3.55. The van der Waals surface area contributed by atoms with Crippen molar-refractivity contribution in [2.24, 2.45) is 5.92 Å². The number of pyridine rings is 1. The molecule has 156 valence electrons. The first kappa shape index (κ1) is 21.2. The number of nitrogens with zero attached hydrogens (tertiary/aromatic N) is 1. The Morgan fingerprint density at radius 1 is 1.28 bits per heavy atom. The van der Waals surface area contributed by atoms with Gasteiger partial charge in [0.1, 0.15) is 5.82 Å². The number of benzene rings is 1. The summed E-state index contributed by atoms with van der Waals surface area (Å²) in [6, 6.07) is 6.48. The summed E-state index contributed by atoms with van der Waals surface area (Å²) in [5.74, 6) is -1.31. The van der Waals surface area contributed by atoms with E-state index in [1.165, 1.54) is 16.4 Å². The number of aromatic nitrogens is 1. The number of aromatic amines is 1. The number of sulfonamides is 1. The molecule has 2 aromatic rings. The smallest absolute Gasteiger partial charge is 0.253 e. The second kappa shape index (κ2) is 8.46. The van der Waals surface area contributed by atoms with Crippen LogP contribution in [0, 0.1) is 25.6 Å². The van der Waals surface area contributed by atoms with Gasteiger partial charge in [-0.15, -0.1) is 0 Å². The first-order valence-corrected chi connectivity index (χ1v) is 10.9. The van der Waals surface area contributed by atoms with Gasteiger partial charge in [-0.1, -0.05) is 0 Å². The molecule has 3 rings (SSSR count). The lowest BCUT2D eigenvalue weighted by atomic mass is 9.98. The Kier molecular flexibility index (Phi) is 6.18. The molecule has 9 heteroatoms. The largest absolute Gasteiger partial charge is 0.352 e. The molecule has 0 radical (unpaired) electrons. The predicted octanol–water partition coefficient (Wildman–Crippen LogP) is 1.85. The van der Waals surface area contributed by atoms with Crippen molar-refractivity contribution < 1.29 is 17.6 Å². The molecule has 0 unspecified atom stereocenters. The number of amides is 1. The van der Waals surface area contributed by atoms with Gasteiger partial charge in [-0.2, -0.15) is 4.31 Å². The molecule has 0 bridgehead atoms. The lowest BCUT2D eigenvalue weighted by Gasteiger charge is -2.31. The maximum Gasteiger partial charge on any atom is 0.253 e. The molecule has 29 heavy (non-hydrogen) atoms. The van der Waals surface area contributed by atoms with E-state index in [9.17, 15) is 22.4 Å². The average Bonchev–Trinajstić information content (AvgIpc) is 2.67. The van der Waals surface area contributed by atoms with E-state index in [0.29, 0.717) is 24.9 Å². The molecule has 0 aliphatic carbocycles. The highest BCUT2D eigenvalue weighted by molar-refractivity contribution is 7.89. The van der Waals surface area contributed by atoms with Crippen molar-refractivity contribution in [1.29, 1.82) is 0 Å². The van der Waals surface area contributed by atoms with Gasteiger partial charge in [-0.3, -0.25) is 9.59 Å². The lowest BCUT2D eigenvalue weighted by Crippen LogP contribution is -2.45.